The van der Waals surface area contributed by atoms with Gasteiger partial charge in [-0.05, 0) is 24.6 Å². The fourth-order valence-corrected chi connectivity index (χ4v) is 1.92. The van der Waals surface area contributed by atoms with Gasteiger partial charge in [-0.2, -0.15) is 8.78 Å². The topological polar surface area (TPSA) is 78.7 Å². The Morgan fingerprint density at radius 1 is 1.38 bits per heavy atom. The molecule has 1 aliphatic rings. The van der Waals surface area contributed by atoms with Crippen molar-refractivity contribution in [3.05, 3.63) is 39.9 Å². The molecule has 2 rings (SSSR count). The van der Waals surface area contributed by atoms with E-state index < -0.39 is 35.6 Å². The van der Waals surface area contributed by atoms with E-state index in [4.69, 9.17) is 4.74 Å². The third-order valence-electron chi connectivity index (χ3n) is 3.20. The van der Waals surface area contributed by atoms with Gasteiger partial charge in [0.2, 0.25) is 6.04 Å². The van der Waals surface area contributed by atoms with Crippen LogP contribution in [0.4, 0.5) is 8.78 Å². The minimum atomic E-state index is -2.90. The first-order valence-corrected chi connectivity index (χ1v) is 6.27. The molecule has 0 radical (unpaired) electrons. The summed E-state index contributed by atoms with van der Waals surface area (Å²) in [5.41, 5.74) is 0.586. The highest BCUT2D eigenvalue weighted by atomic mass is 19.3. The van der Waals surface area contributed by atoms with E-state index in [1.807, 2.05) is 0 Å². The molecule has 1 aromatic rings. The molecule has 3 atom stereocenters. The van der Waals surface area contributed by atoms with E-state index >= 15 is 0 Å². The Labute approximate surface area is 118 Å². The number of carbonyl (C=O) groups is 1. The van der Waals surface area contributed by atoms with Crippen LogP contribution in [0, 0.1) is 16.0 Å². The molecule has 0 aromatic heterocycles. The summed E-state index contributed by atoms with van der Waals surface area (Å²) in [5, 5.41) is 10.5. The van der Waals surface area contributed by atoms with Crippen LogP contribution in [0.5, 0.6) is 5.75 Å². The van der Waals surface area contributed by atoms with Gasteiger partial charge in [0.25, 0.3) is 0 Å². The lowest BCUT2D eigenvalue weighted by molar-refractivity contribution is -0.497. The average Bonchev–Trinajstić information content (AvgIpc) is 3.19. The number of ether oxygens (including phenoxy) is 2. The molecule has 0 N–H and O–H groups in total. The molecular formula is C13H13F2NO5. The Morgan fingerprint density at radius 2 is 2.00 bits per heavy atom. The largest absolute Gasteiger partial charge is 0.457 e. The van der Waals surface area contributed by atoms with E-state index in [0.29, 0.717) is 5.56 Å². The first-order valence-electron chi connectivity index (χ1n) is 6.27. The number of esters is 1. The van der Waals surface area contributed by atoms with Gasteiger partial charge in [-0.15, -0.1) is 0 Å². The zero-order chi connectivity index (χ0) is 15.6. The quantitative estimate of drug-likeness (QED) is 0.458. The fourth-order valence-electron chi connectivity index (χ4n) is 1.92. The number of rotatable bonds is 6. The lowest BCUT2D eigenvalue weighted by Gasteiger charge is -2.13. The van der Waals surface area contributed by atoms with Crippen LogP contribution in [0.15, 0.2) is 24.3 Å². The third-order valence-corrected chi connectivity index (χ3v) is 3.20. The Hall–Kier alpha value is -2.25. The van der Waals surface area contributed by atoms with Crippen molar-refractivity contribution in [2.75, 3.05) is 0 Å². The molecule has 8 heteroatoms. The molecule has 0 unspecified atom stereocenters. The van der Waals surface area contributed by atoms with Crippen molar-refractivity contribution >= 4 is 5.97 Å². The van der Waals surface area contributed by atoms with Gasteiger partial charge >= 0.3 is 12.6 Å². The van der Waals surface area contributed by atoms with Crippen LogP contribution >= 0.6 is 0 Å². The molecule has 114 valence electrons. The van der Waals surface area contributed by atoms with Crippen LogP contribution in [0.2, 0.25) is 0 Å². The highest BCUT2D eigenvalue weighted by molar-refractivity contribution is 5.76. The fraction of sp³-hybridized carbons (Fsp3) is 0.462. The molecule has 1 saturated carbocycles. The number of carbonyl (C=O) groups excluding carboxylic acids is 1. The normalized spacial score (nSPS) is 21.7. The summed E-state index contributed by atoms with van der Waals surface area (Å²) in [5.74, 6) is -1.30. The molecular weight excluding hydrogens is 288 g/mol. The summed E-state index contributed by atoms with van der Waals surface area (Å²) in [6, 6.07) is 4.80. The molecule has 0 spiro atoms. The summed E-state index contributed by atoms with van der Waals surface area (Å²) >= 11 is 0. The molecule has 1 aliphatic carbocycles. The minimum Gasteiger partial charge on any atom is -0.457 e. The summed E-state index contributed by atoms with van der Waals surface area (Å²) in [4.78, 5) is 21.7. The molecule has 0 heterocycles. The van der Waals surface area contributed by atoms with Crippen molar-refractivity contribution in [2.24, 2.45) is 5.92 Å². The zero-order valence-electron chi connectivity index (χ0n) is 11.1. The molecule has 21 heavy (non-hydrogen) atoms. The predicted molar refractivity (Wildman–Crippen MR) is 66.5 cm³/mol. The SMILES string of the molecule is C[C@H](OC(=O)[C@H]1C[C@@H]1[N+](=O)[O-])c1ccc(OC(F)F)cc1. The maximum atomic E-state index is 12.0. The lowest BCUT2D eigenvalue weighted by atomic mass is 10.1. The number of halogens is 2. The van der Waals surface area contributed by atoms with Gasteiger partial charge in [0, 0.05) is 11.3 Å². The Bertz CT molecular complexity index is 534. The van der Waals surface area contributed by atoms with Crippen LogP contribution < -0.4 is 4.74 Å². The first kappa shape index (κ1) is 15.1. The van der Waals surface area contributed by atoms with E-state index in [1.165, 1.54) is 24.3 Å². The minimum absolute atomic E-state index is 0.00267. The molecule has 0 amide bonds. The molecule has 6 nitrogen and oxygen atoms in total. The standard InChI is InChI=1S/C13H13F2NO5/c1-7(20-12(17)10-6-11(10)16(18)19)8-2-4-9(5-3-8)21-13(14)15/h2-5,7,10-11,13H,6H2,1H3/t7-,10-,11-/m0/s1. The van der Waals surface area contributed by atoms with Gasteiger partial charge in [0.15, 0.2) is 0 Å². The van der Waals surface area contributed by atoms with Crippen molar-refractivity contribution < 1.29 is 28.0 Å². The van der Waals surface area contributed by atoms with Crippen LogP contribution in [0.25, 0.3) is 0 Å². The van der Waals surface area contributed by atoms with Gasteiger partial charge in [-0.25, -0.2) is 0 Å². The van der Waals surface area contributed by atoms with Crippen LogP contribution in [0.1, 0.15) is 25.0 Å². The van der Waals surface area contributed by atoms with E-state index in [2.05, 4.69) is 4.74 Å². The third kappa shape index (κ3) is 3.87. The smallest absolute Gasteiger partial charge is 0.387 e. The average molecular weight is 301 g/mol. The second-order valence-electron chi connectivity index (χ2n) is 4.72. The highest BCUT2D eigenvalue weighted by Gasteiger charge is 2.54. The van der Waals surface area contributed by atoms with Crippen molar-refractivity contribution in [1.82, 2.24) is 0 Å². The maximum absolute atomic E-state index is 12.0. The summed E-state index contributed by atoms with van der Waals surface area (Å²) < 4.78 is 33.3. The Kier molecular flexibility index (Phi) is 4.35. The molecule has 1 aromatic carbocycles. The summed E-state index contributed by atoms with van der Waals surface area (Å²) in [7, 11) is 0. The Balaban J connectivity index is 1.90. The summed E-state index contributed by atoms with van der Waals surface area (Å²) in [6.45, 7) is -1.30. The van der Waals surface area contributed by atoms with Crippen molar-refractivity contribution in [1.29, 1.82) is 0 Å². The van der Waals surface area contributed by atoms with Gasteiger partial charge in [0.1, 0.15) is 17.8 Å². The first-order chi connectivity index (χ1) is 9.88. The molecule has 1 fully saturated rings. The van der Waals surface area contributed by atoms with E-state index in [1.54, 1.807) is 6.92 Å². The van der Waals surface area contributed by atoms with Crippen molar-refractivity contribution in [3.63, 3.8) is 0 Å². The number of hydrogen-bond donors (Lipinski definition) is 0. The van der Waals surface area contributed by atoms with Crippen molar-refractivity contribution in [3.8, 4) is 5.75 Å². The number of nitro groups is 1. The van der Waals surface area contributed by atoms with E-state index in [-0.39, 0.29) is 12.2 Å². The molecule has 0 bridgehead atoms. The van der Waals surface area contributed by atoms with E-state index in [0.717, 1.165) is 0 Å². The number of benzene rings is 1. The van der Waals surface area contributed by atoms with Crippen LogP contribution in [-0.2, 0) is 9.53 Å². The highest BCUT2D eigenvalue weighted by Crippen LogP contribution is 2.35. The van der Waals surface area contributed by atoms with Crippen LogP contribution in [-0.4, -0.2) is 23.5 Å². The number of hydrogen-bond acceptors (Lipinski definition) is 5. The second kappa shape index (κ2) is 6.02. The predicted octanol–water partition coefficient (Wildman–Crippen LogP) is 2.56. The maximum Gasteiger partial charge on any atom is 0.387 e. The molecule has 0 aliphatic heterocycles. The lowest BCUT2D eigenvalue weighted by Crippen LogP contribution is -2.15. The van der Waals surface area contributed by atoms with Gasteiger partial charge < -0.3 is 9.47 Å². The van der Waals surface area contributed by atoms with Crippen LogP contribution in [0.3, 0.4) is 0 Å². The van der Waals surface area contributed by atoms with E-state index in [9.17, 15) is 23.7 Å². The monoisotopic (exact) mass is 301 g/mol. The van der Waals surface area contributed by atoms with Gasteiger partial charge in [-0.3, -0.25) is 14.9 Å². The second-order valence-corrected chi connectivity index (χ2v) is 4.72. The number of nitrogens with zero attached hydrogens (tertiary/aromatic N) is 1. The van der Waals surface area contributed by atoms with Gasteiger partial charge in [0.05, 0.1) is 0 Å². The van der Waals surface area contributed by atoms with Gasteiger partial charge in [-0.1, -0.05) is 12.1 Å². The zero-order valence-corrected chi connectivity index (χ0v) is 11.1. The number of alkyl halides is 2. The summed E-state index contributed by atoms with van der Waals surface area (Å²) in [6.07, 6.45) is -0.425. The molecule has 0 saturated heterocycles. The van der Waals surface area contributed by atoms with Crippen molar-refractivity contribution in [2.45, 2.75) is 32.1 Å². The Morgan fingerprint density at radius 3 is 2.48 bits per heavy atom.